The molecule has 1 aliphatic carbocycles. The monoisotopic (exact) mass is 442 g/mol. The van der Waals surface area contributed by atoms with Crippen LogP contribution in [0.4, 0.5) is 0 Å². The molecule has 1 heterocycles. The van der Waals surface area contributed by atoms with Crippen molar-refractivity contribution in [1.82, 2.24) is 0 Å². The molecule has 5 heteroatoms. The van der Waals surface area contributed by atoms with Crippen LogP contribution in [0.2, 0.25) is 0 Å². The van der Waals surface area contributed by atoms with Crippen LogP contribution in [0.1, 0.15) is 84.3 Å². The lowest BCUT2D eigenvalue weighted by Crippen LogP contribution is -2.41. The van der Waals surface area contributed by atoms with Crippen molar-refractivity contribution < 1.29 is 24.5 Å². The number of allylic oxidation sites excluding steroid dienone is 2. The predicted molar refractivity (Wildman–Crippen MR) is 125 cm³/mol. The van der Waals surface area contributed by atoms with Gasteiger partial charge in [0.05, 0.1) is 11.7 Å². The summed E-state index contributed by atoms with van der Waals surface area (Å²) in [6.45, 7) is 11.8. The highest BCUT2D eigenvalue weighted by molar-refractivity contribution is 5.88. The third kappa shape index (κ3) is 4.93. The van der Waals surface area contributed by atoms with Gasteiger partial charge < -0.3 is 14.9 Å². The molecule has 3 unspecified atom stereocenters. The summed E-state index contributed by atoms with van der Waals surface area (Å²) >= 11 is 0. The number of benzene rings is 1. The van der Waals surface area contributed by atoms with Crippen molar-refractivity contribution in [2.24, 2.45) is 10.8 Å². The molecule has 3 rings (SSSR count). The Morgan fingerprint density at radius 3 is 2.44 bits per heavy atom. The smallest absolute Gasteiger partial charge is 0.142 e. The fourth-order valence-corrected chi connectivity index (χ4v) is 5.34. The number of epoxide rings is 1. The summed E-state index contributed by atoms with van der Waals surface area (Å²) in [7, 11) is 0. The van der Waals surface area contributed by atoms with Gasteiger partial charge >= 0.3 is 0 Å². The van der Waals surface area contributed by atoms with E-state index >= 15 is 0 Å². The van der Waals surface area contributed by atoms with E-state index in [1.54, 1.807) is 13.0 Å². The van der Waals surface area contributed by atoms with Gasteiger partial charge in [-0.3, -0.25) is 9.59 Å². The zero-order chi connectivity index (χ0) is 23.9. The first-order valence-corrected chi connectivity index (χ1v) is 11.7. The maximum atomic E-state index is 13.2. The fraction of sp³-hybridized carbons (Fsp3) is 0.630. The van der Waals surface area contributed by atoms with Gasteiger partial charge in [-0.25, -0.2) is 0 Å². The summed E-state index contributed by atoms with van der Waals surface area (Å²) in [6.07, 6.45) is 6.20. The molecule has 1 aromatic carbocycles. The first-order valence-electron chi connectivity index (χ1n) is 11.7. The van der Waals surface area contributed by atoms with Gasteiger partial charge in [-0.1, -0.05) is 31.9 Å². The van der Waals surface area contributed by atoms with Gasteiger partial charge in [-0.15, -0.1) is 0 Å². The molecule has 2 N–H and O–H groups in total. The van der Waals surface area contributed by atoms with Crippen molar-refractivity contribution >= 4 is 11.6 Å². The number of ketones is 2. The first-order chi connectivity index (χ1) is 14.8. The molecule has 0 radical (unpaired) electrons. The van der Waals surface area contributed by atoms with E-state index in [0.29, 0.717) is 36.8 Å². The average molecular weight is 443 g/mol. The Morgan fingerprint density at radius 1 is 1.16 bits per heavy atom. The Kier molecular flexibility index (Phi) is 6.63. The van der Waals surface area contributed by atoms with Crippen molar-refractivity contribution in [3.05, 3.63) is 34.9 Å². The zero-order valence-corrected chi connectivity index (χ0v) is 20.4. The van der Waals surface area contributed by atoms with Gasteiger partial charge in [-0.05, 0) is 70.1 Å². The number of carbonyl (C=O) groups excluding carboxylic acids is 2. The number of hydrogen-bond donors (Lipinski definition) is 2. The molecule has 1 saturated carbocycles. The number of aryl methyl sites for hydroxylation is 1. The van der Waals surface area contributed by atoms with Gasteiger partial charge in [0.1, 0.15) is 23.1 Å². The van der Waals surface area contributed by atoms with E-state index in [4.69, 9.17) is 4.74 Å². The Morgan fingerprint density at radius 2 is 1.81 bits per heavy atom. The van der Waals surface area contributed by atoms with Gasteiger partial charge in [0, 0.05) is 30.2 Å². The molecule has 0 amide bonds. The van der Waals surface area contributed by atoms with Gasteiger partial charge in [0.2, 0.25) is 0 Å². The number of ether oxygens (including phenoxy) is 1. The molecule has 5 nitrogen and oxygen atoms in total. The van der Waals surface area contributed by atoms with Crippen LogP contribution in [0.5, 0.6) is 11.5 Å². The van der Waals surface area contributed by atoms with Gasteiger partial charge in [-0.2, -0.15) is 0 Å². The molecule has 1 saturated heterocycles. The Labute approximate surface area is 191 Å². The average Bonchev–Trinajstić information content (AvgIpc) is 3.15. The molecule has 2 fully saturated rings. The maximum absolute atomic E-state index is 13.2. The Hall–Kier alpha value is -2.14. The van der Waals surface area contributed by atoms with Crippen LogP contribution in [0.15, 0.2) is 23.8 Å². The third-order valence-electron chi connectivity index (χ3n) is 7.99. The van der Waals surface area contributed by atoms with E-state index in [1.807, 2.05) is 33.8 Å². The highest BCUT2D eigenvalue weighted by atomic mass is 16.6. The quantitative estimate of drug-likeness (QED) is 0.296. The van der Waals surface area contributed by atoms with Crippen molar-refractivity contribution in [3.8, 4) is 11.5 Å². The van der Waals surface area contributed by atoms with E-state index in [9.17, 15) is 19.8 Å². The van der Waals surface area contributed by atoms with E-state index in [1.165, 1.54) is 6.07 Å². The maximum Gasteiger partial charge on any atom is 0.142 e. The zero-order valence-electron chi connectivity index (χ0n) is 20.4. The van der Waals surface area contributed by atoms with Crippen LogP contribution in [-0.2, 0) is 20.7 Å². The second kappa shape index (κ2) is 8.66. The van der Waals surface area contributed by atoms with E-state index in [0.717, 1.165) is 24.8 Å². The third-order valence-corrected chi connectivity index (χ3v) is 7.99. The highest BCUT2D eigenvalue weighted by Gasteiger charge is 2.56. The molecule has 32 heavy (non-hydrogen) atoms. The van der Waals surface area contributed by atoms with Crippen LogP contribution in [0.3, 0.4) is 0 Å². The minimum Gasteiger partial charge on any atom is -0.508 e. The van der Waals surface area contributed by atoms with E-state index in [-0.39, 0.29) is 40.2 Å². The molecule has 0 bridgehead atoms. The summed E-state index contributed by atoms with van der Waals surface area (Å²) in [5.74, 6) is 0.661. The second-order valence-corrected chi connectivity index (χ2v) is 11.0. The SMILES string of the molecule is CC(=CCc1cc(O)cc(C)c1O)CC(=O)CC1(C)CCCC1(C)C(=O)CC1OC1(C)C. The molecule has 0 spiro atoms. The summed E-state index contributed by atoms with van der Waals surface area (Å²) < 4.78 is 5.64. The van der Waals surface area contributed by atoms with Crippen molar-refractivity contribution in [1.29, 1.82) is 0 Å². The van der Waals surface area contributed by atoms with Gasteiger partial charge in [0.15, 0.2) is 0 Å². The molecule has 1 aromatic rings. The van der Waals surface area contributed by atoms with E-state index in [2.05, 4.69) is 6.92 Å². The van der Waals surface area contributed by atoms with Gasteiger partial charge in [0.25, 0.3) is 0 Å². The molecular weight excluding hydrogens is 404 g/mol. The standard InChI is InChI=1S/C27H38O5/c1-17(8-9-19-14-20(28)13-18(2)24(19)31)12-21(29)16-26(5)10-7-11-27(26,6)22(30)15-23-25(3,4)32-23/h8,13-14,23,28,31H,7,9-12,15-16H2,1-6H3. The van der Waals surface area contributed by atoms with Crippen LogP contribution >= 0.6 is 0 Å². The predicted octanol–water partition coefficient (Wildman–Crippen LogP) is 5.58. The lowest BCUT2D eigenvalue weighted by Gasteiger charge is -2.40. The Bertz CT molecular complexity index is 944. The lowest BCUT2D eigenvalue weighted by molar-refractivity contribution is -0.135. The van der Waals surface area contributed by atoms with Crippen molar-refractivity contribution in [2.75, 3.05) is 0 Å². The number of rotatable bonds is 9. The van der Waals surface area contributed by atoms with Crippen LogP contribution in [0, 0.1) is 17.8 Å². The summed E-state index contributed by atoms with van der Waals surface area (Å²) in [4.78, 5) is 26.2. The largest absolute Gasteiger partial charge is 0.508 e. The highest BCUT2D eigenvalue weighted by Crippen LogP contribution is 2.57. The normalized spacial score (nSPS) is 29.2. The first kappa shape index (κ1) is 24.5. The number of phenolic OH excluding ortho intramolecular Hbond substituents is 2. The molecule has 3 atom stereocenters. The molecule has 2 aliphatic rings. The van der Waals surface area contributed by atoms with Crippen LogP contribution in [0.25, 0.3) is 0 Å². The number of Topliss-reactive ketones (excluding diaryl/α,β-unsaturated/α-hetero) is 2. The summed E-state index contributed by atoms with van der Waals surface area (Å²) in [5.41, 5.74) is 1.16. The molecule has 176 valence electrons. The van der Waals surface area contributed by atoms with E-state index < -0.39 is 5.41 Å². The summed E-state index contributed by atoms with van der Waals surface area (Å²) in [6, 6.07) is 3.07. The minimum absolute atomic E-state index is 0.00460. The number of phenols is 2. The molecule has 0 aromatic heterocycles. The molecular formula is C27H38O5. The molecule has 1 aliphatic heterocycles. The van der Waals surface area contributed by atoms with Crippen LogP contribution < -0.4 is 0 Å². The number of hydrogen-bond acceptors (Lipinski definition) is 5. The Balaban J connectivity index is 1.62. The number of aromatic hydroxyl groups is 2. The fourth-order valence-electron chi connectivity index (χ4n) is 5.34. The summed E-state index contributed by atoms with van der Waals surface area (Å²) in [5, 5.41) is 20.0. The second-order valence-electron chi connectivity index (χ2n) is 11.0. The van der Waals surface area contributed by atoms with Crippen molar-refractivity contribution in [3.63, 3.8) is 0 Å². The lowest BCUT2D eigenvalue weighted by atomic mass is 9.62. The van der Waals surface area contributed by atoms with Crippen LogP contribution in [-0.4, -0.2) is 33.5 Å². The number of carbonyl (C=O) groups is 2. The minimum atomic E-state index is -0.493. The van der Waals surface area contributed by atoms with Crippen molar-refractivity contribution in [2.45, 2.75) is 98.2 Å². The topological polar surface area (TPSA) is 87.1 Å².